The van der Waals surface area contributed by atoms with Gasteiger partial charge in [0.25, 0.3) is 0 Å². The van der Waals surface area contributed by atoms with Crippen molar-refractivity contribution < 1.29 is 14.3 Å². The Kier molecular flexibility index (Phi) is 7.40. The van der Waals surface area contributed by atoms with Crippen LogP contribution >= 0.6 is 0 Å². The van der Waals surface area contributed by atoms with E-state index < -0.39 is 11.5 Å². The summed E-state index contributed by atoms with van der Waals surface area (Å²) in [5, 5.41) is 0. The van der Waals surface area contributed by atoms with E-state index in [4.69, 9.17) is 15.2 Å². The summed E-state index contributed by atoms with van der Waals surface area (Å²) >= 11 is 0. The SMILES string of the molecule is CCCC(C)COCCC(N)(C(=O)OC)c1ccccc1. The molecule has 118 valence electrons. The number of rotatable bonds is 9. The standard InChI is InChI=1S/C17H27NO3/c1-4-8-14(2)13-21-12-11-17(18,16(19)20-3)15-9-6-5-7-10-15/h5-7,9-10,14H,4,8,11-13,18H2,1-3H3. The number of hydrogen-bond acceptors (Lipinski definition) is 4. The van der Waals surface area contributed by atoms with Crippen molar-refractivity contribution in [2.75, 3.05) is 20.3 Å². The van der Waals surface area contributed by atoms with Gasteiger partial charge in [0.15, 0.2) is 0 Å². The van der Waals surface area contributed by atoms with Gasteiger partial charge in [0, 0.05) is 19.6 Å². The van der Waals surface area contributed by atoms with Crippen molar-refractivity contribution in [1.29, 1.82) is 0 Å². The minimum absolute atomic E-state index is 0.405. The first-order valence-electron chi connectivity index (χ1n) is 7.55. The maximum absolute atomic E-state index is 12.1. The molecule has 4 heteroatoms. The van der Waals surface area contributed by atoms with Crippen LogP contribution in [0.15, 0.2) is 30.3 Å². The third kappa shape index (κ3) is 5.14. The molecule has 0 aromatic heterocycles. The predicted molar refractivity (Wildman–Crippen MR) is 83.8 cm³/mol. The Morgan fingerprint density at radius 1 is 1.33 bits per heavy atom. The van der Waals surface area contributed by atoms with Crippen LogP contribution in [0.25, 0.3) is 0 Å². The first-order valence-corrected chi connectivity index (χ1v) is 7.55. The number of methoxy groups -OCH3 is 1. The number of benzene rings is 1. The van der Waals surface area contributed by atoms with Crippen molar-refractivity contribution >= 4 is 5.97 Å². The van der Waals surface area contributed by atoms with Gasteiger partial charge < -0.3 is 15.2 Å². The monoisotopic (exact) mass is 293 g/mol. The Hall–Kier alpha value is -1.39. The summed E-state index contributed by atoms with van der Waals surface area (Å²) in [5.41, 5.74) is 5.90. The average Bonchev–Trinajstić information content (AvgIpc) is 2.51. The quantitative estimate of drug-likeness (QED) is 0.562. The van der Waals surface area contributed by atoms with E-state index in [0.29, 0.717) is 25.6 Å². The molecular weight excluding hydrogens is 266 g/mol. The highest BCUT2D eigenvalue weighted by molar-refractivity contribution is 5.82. The molecule has 0 fully saturated rings. The minimum atomic E-state index is -1.15. The molecule has 0 aliphatic rings. The number of hydrogen-bond donors (Lipinski definition) is 1. The maximum Gasteiger partial charge on any atom is 0.330 e. The summed E-state index contributed by atoms with van der Waals surface area (Å²) in [5.74, 6) is 0.0935. The topological polar surface area (TPSA) is 61.5 Å². The number of carbonyl (C=O) groups excluding carboxylic acids is 1. The number of ether oxygens (including phenoxy) is 2. The molecule has 2 N–H and O–H groups in total. The van der Waals surface area contributed by atoms with Crippen LogP contribution in [-0.4, -0.2) is 26.3 Å². The summed E-state index contributed by atoms with van der Waals surface area (Å²) in [6, 6.07) is 9.31. The predicted octanol–water partition coefficient (Wildman–Crippen LogP) is 2.86. The summed E-state index contributed by atoms with van der Waals surface area (Å²) in [6.07, 6.45) is 2.70. The largest absolute Gasteiger partial charge is 0.467 e. The number of esters is 1. The summed E-state index contributed by atoms with van der Waals surface area (Å²) in [4.78, 5) is 12.1. The van der Waals surface area contributed by atoms with Gasteiger partial charge in [-0.2, -0.15) is 0 Å². The lowest BCUT2D eigenvalue weighted by atomic mass is 9.88. The fourth-order valence-corrected chi connectivity index (χ4v) is 2.38. The molecular formula is C17H27NO3. The van der Waals surface area contributed by atoms with Crippen molar-refractivity contribution in [3.63, 3.8) is 0 Å². The lowest BCUT2D eigenvalue weighted by Gasteiger charge is -2.27. The minimum Gasteiger partial charge on any atom is -0.467 e. The zero-order valence-corrected chi connectivity index (χ0v) is 13.3. The highest BCUT2D eigenvalue weighted by Gasteiger charge is 2.36. The number of carbonyl (C=O) groups is 1. The second-order valence-electron chi connectivity index (χ2n) is 5.55. The van der Waals surface area contributed by atoms with E-state index in [2.05, 4.69) is 13.8 Å². The Bertz CT molecular complexity index is 421. The first kappa shape index (κ1) is 17.7. The molecule has 2 unspecified atom stereocenters. The zero-order chi connectivity index (χ0) is 15.7. The summed E-state index contributed by atoms with van der Waals surface area (Å²) in [6.45, 7) is 5.46. The molecule has 0 saturated heterocycles. The summed E-state index contributed by atoms with van der Waals surface area (Å²) in [7, 11) is 1.36. The van der Waals surface area contributed by atoms with Gasteiger partial charge in [-0.15, -0.1) is 0 Å². The van der Waals surface area contributed by atoms with Gasteiger partial charge in [-0.3, -0.25) is 0 Å². The molecule has 0 heterocycles. The van der Waals surface area contributed by atoms with E-state index in [0.717, 1.165) is 18.4 Å². The Labute approximate surface area is 127 Å². The Morgan fingerprint density at radius 2 is 2.00 bits per heavy atom. The molecule has 0 amide bonds. The normalized spacial score (nSPS) is 15.2. The molecule has 4 nitrogen and oxygen atoms in total. The van der Waals surface area contributed by atoms with Gasteiger partial charge >= 0.3 is 5.97 Å². The molecule has 0 aliphatic carbocycles. The van der Waals surface area contributed by atoms with Crippen molar-refractivity contribution in [3.05, 3.63) is 35.9 Å². The molecule has 0 spiro atoms. The van der Waals surface area contributed by atoms with Crippen LogP contribution in [0.1, 0.15) is 38.7 Å². The Morgan fingerprint density at radius 3 is 2.57 bits per heavy atom. The van der Waals surface area contributed by atoms with Gasteiger partial charge in [0.05, 0.1) is 7.11 Å². The van der Waals surface area contributed by atoms with E-state index in [1.165, 1.54) is 7.11 Å². The third-order valence-electron chi connectivity index (χ3n) is 3.66. The van der Waals surface area contributed by atoms with Crippen molar-refractivity contribution in [1.82, 2.24) is 0 Å². The van der Waals surface area contributed by atoms with Crippen molar-refractivity contribution in [2.45, 2.75) is 38.6 Å². The number of nitrogens with two attached hydrogens (primary N) is 1. The fraction of sp³-hybridized carbons (Fsp3) is 0.588. The molecule has 1 aromatic rings. The van der Waals surface area contributed by atoms with Crippen LogP contribution in [0.4, 0.5) is 0 Å². The first-order chi connectivity index (χ1) is 10.0. The van der Waals surface area contributed by atoms with E-state index in [9.17, 15) is 4.79 Å². The summed E-state index contributed by atoms with van der Waals surface area (Å²) < 4.78 is 10.5. The van der Waals surface area contributed by atoms with Crippen LogP contribution in [0.5, 0.6) is 0 Å². The highest BCUT2D eigenvalue weighted by atomic mass is 16.5. The fourth-order valence-electron chi connectivity index (χ4n) is 2.38. The molecule has 1 rings (SSSR count). The van der Waals surface area contributed by atoms with Gasteiger partial charge in [0.2, 0.25) is 0 Å². The van der Waals surface area contributed by atoms with Crippen LogP contribution in [0.3, 0.4) is 0 Å². The van der Waals surface area contributed by atoms with Crippen LogP contribution in [-0.2, 0) is 19.8 Å². The Balaban J connectivity index is 2.62. The lowest BCUT2D eigenvalue weighted by Crippen LogP contribution is -2.46. The smallest absolute Gasteiger partial charge is 0.330 e. The average molecular weight is 293 g/mol. The second-order valence-corrected chi connectivity index (χ2v) is 5.55. The van der Waals surface area contributed by atoms with E-state index in [1.807, 2.05) is 30.3 Å². The molecule has 0 saturated carbocycles. The van der Waals surface area contributed by atoms with Gasteiger partial charge in [-0.05, 0) is 17.9 Å². The molecule has 2 atom stereocenters. The van der Waals surface area contributed by atoms with Crippen LogP contribution < -0.4 is 5.73 Å². The zero-order valence-electron chi connectivity index (χ0n) is 13.3. The van der Waals surface area contributed by atoms with Crippen LogP contribution in [0.2, 0.25) is 0 Å². The van der Waals surface area contributed by atoms with Gasteiger partial charge in [-0.25, -0.2) is 4.79 Å². The third-order valence-corrected chi connectivity index (χ3v) is 3.66. The molecule has 1 aromatic carbocycles. The molecule has 21 heavy (non-hydrogen) atoms. The van der Waals surface area contributed by atoms with E-state index in [1.54, 1.807) is 0 Å². The van der Waals surface area contributed by atoms with Crippen LogP contribution in [0, 0.1) is 5.92 Å². The highest BCUT2D eigenvalue weighted by Crippen LogP contribution is 2.24. The molecule has 0 bridgehead atoms. The van der Waals surface area contributed by atoms with Crippen molar-refractivity contribution in [2.24, 2.45) is 11.7 Å². The van der Waals surface area contributed by atoms with Crippen molar-refractivity contribution in [3.8, 4) is 0 Å². The molecule has 0 aliphatic heterocycles. The molecule has 0 radical (unpaired) electrons. The lowest BCUT2D eigenvalue weighted by molar-refractivity contribution is -0.148. The van der Waals surface area contributed by atoms with Gasteiger partial charge in [-0.1, -0.05) is 50.6 Å². The second kappa shape index (κ2) is 8.80. The maximum atomic E-state index is 12.1. The van der Waals surface area contributed by atoms with Gasteiger partial charge in [0.1, 0.15) is 5.54 Å². The van der Waals surface area contributed by atoms with E-state index >= 15 is 0 Å². The van der Waals surface area contributed by atoms with E-state index in [-0.39, 0.29) is 0 Å².